The van der Waals surface area contributed by atoms with E-state index in [-0.39, 0.29) is 0 Å². The molecular weight excluding hydrogens is 202 g/mol. The molecule has 2 aromatic heterocycles. The van der Waals surface area contributed by atoms with E-state index in [4.69, 9.17) is 0 Å². The van der Waals surface area contributed by atoms with Crippen molar-refractivity contribution in [2.24, 2.45) is 0 Å². The SMILES string of the molecule is Cc1cnc(C)c(NCc2ccncn2)n1. The van der Waals surface area contributed by atoms with E-state index in [1.54, 1.807) is 12.4 Å². The second-order valence-electron chi connectivity index (χ2n) is 3.50. The highest BCUT2D eigenvalue weighted by Crippen LogP contribution is 2.09. The first-order valence-electron chi connectivity index (χ1n) is 5.05. The number of anilines is 1. The van der Waals surface area contributed by atoms with Crippen molar-refractivity contribution in [3.63, 3.8) is 0 Å². The molecule has 5 nitrogen and oxygen atoms in total. The predicted octanol–water partition coefficient (Wildman–Crippen LogP) is 1.50. The Morgan fingerprint density at radius 2 is 2.12 bits per heavy atom. The molecule has 5 heteroatoms. The maximum Gasteiger partial charge on any atom is 0.148 e. The number of hydrogen-bond donors (Lipinski definition) is 1. The molecular formula is C11H13N5. The van der Waals surface area contributed by atoms with Gasteiger partial charge in [-0.05, 0) is 19.9 Å². The third-order valence-corrected chi connectivity index (χ3v) is 2.16. The fourth-order valence-electron chi connectivity index (χ4n) is 1.30. The van der Waals surface area contributed by atoms with Gasteiger partial charge in [-0.3, -0.25) is 4.98 Å². The Bertz CT molecular complexity index is 469. The monoisotopic (exact) mass is 215 g/mol. The van der Waals surface area contributed by atoms with Crippen molar-refractivity contribution < 1.29 is 0 Å². The van der Waals surface area contributed by atoms with Crippen molar-refractivity contribution in [1.82, 2.24) is 19.9 Å². The van der Waals surface area contributed by atoms with Gasteiger partial charge in [0.05, 0.1) is 23.6 Å². The Balaban J connectivity index is 2.08. The smallest absolute Gasteiger partial charge is 0.148 e. The van der Waals surface area contributed by atoms with Crippen molar-refractivity contribution in [2.45, 2.75) is 20.4 Å². The molecule has 0 aromatic carbocycles. The zero-order valence-corrected chi connectivity index (χ0v) is 9.31. The number of hydrogen-bond acceptors (Lipinski definition) is 5. The van der Waals surface area contributed by atoms with Crippen LogP contribution in [0.3, 0.4) is 0 Å². The Kier molecular flexibility index (Phi) is 3.05. The molecule has 82 valence electrons. The summed E-state index contributed by atoms with van der Waals surface area (Å²) >= 11 is 0. The Morgan fingerprint density at radius 1 is 1.25 bits per heavy atom. The van der Waals surface area contributed by atoms with Gasteiger partial charge in [0.1, 0.15) is 12.1 Å². The summed E-state index contributed by atoms with van der Waals surface area (Å²) in [5.74, 6) is 0.804. The standard InChI is InChI=1S/C11H13N5/c1-8-5-13-9(2)11(16-8)14-6-10-3-4-12-7-15-10/h3-5,7H,6H2,1-2H3,(H,14,16). The summed E-state index contributed by atoms with van der Waals surface area (Å²) in [6.45, 7) is 4.47. The van der Waals surface area contributed by atoms with Gasteiger partial charge in [0.2, 0.25) is 0 Å². The van der Waals surface area contributed by atoms with E-state index in [2.05, 4.69) is 25.3 Å². The van der Waals surface area contributed by atoms with Crippen LogP contribution >= 0.6 is 0 Å². The zero-order chi connectivity index (χ0) is 11.4. The molecule has 2 aromatic rings. The number of nitrogens with one attached hydrogen (secondary N) is 1. The lowest BCUT2D eigenvalue weighted by Gasteiger charge is -2.07. The molecule has 0 atom stereocenters. The first kappa shape index (κ1) is 10.5. The van der Waals surface area contributed by atoms with E-state index in [0.29, 0.717) is 6.54 Å². The van der Waals surface area contributed by atoms with Crippen LogP contribution in [0.5, 0.6) is 0 Å². The third kappa shape index (κ3) is 2.50. The lowest BCUT2D eigenvalue weighted by Crippen LogP contribution is -2.06. The summed E-state index contributed by atoms with van der Waals surface area (Å²) < 4.78 is 0. The largest absolute Gasteiger partial charge is 0.363 e. The van der Waals surface area contributed by atoms with E-state index < -0.39 is 0 Å². The summed E-state index contributed by atoms with van der Waals surface area (Å²) in [6, 6.07) is 1.87. The van der Waals surface area contributed by atoms with Crippen LogP contribution in [-0.4, -0.2) is 19.9 Å². The van der Waals surface area contributed by atoms with Crippen molar-refractivity contribution in [3.8, 4) is 0 Å². The summed E-state index contributed by atoms with van der Waals surface area (Å²) in [6.07, 6.45) is 5.01. The Hall–Kier alpha value is -2.04. The molecule has 0 aliphatic rings. The van der Waals surface area contributed by atoms with Gasteiger partial charge in [-0.15, -0.1) is 0 Å². The molecule has 0 spiro atoms. The van der Waals surface area contributed by atoms with Crippen LogP contribution in [0, 0.1) is 13.8 Å². The summed E-state index contributed by atoms with van der Waals surface area (Å²) in [4.78, 5) is 16.6. The summed E-state index contributed by atoms with van der Waals surface area (Å²) in [5, 5.41) is 3.21. The average Bonchev–Trinajstić information content (AvgIpc) is 2.32. The zero-order valence-electron chi connectivity index (χ0n) is 9.31. The molecule has 0 saturated heterocycles. The molecule has 0 radical (unpaired) electrons. The average molecular weight is 215 g/mol. The highest BCUT2D eigenvalue weighted by atomic mass is 15.0. The fraction of sp³-hybridized carbons (Fsp3) is 0.273. The maximum absolute atomic E-state index is 4.37. The van der Waals surface area contributed by atoms with Crippen molar-refractivity contribution in [3.05, 3.63) is 41.9 Å². The van der Waals surface area contributed by atoms with Crippen LogP contribution in [0.4, 0.5) is 5.82 Å². The van der Waals surface area contributed by atoms with Crippen molar-refractivity contribution in [2.75, 3.05) is 5.32 Å². The highest BCUT2D eigenvalue weighted by Gasteiger charge is 2.01. The lowest BCUT2D eigenvalue weighted by atomic mass is 10.3. The van der Waals surface area contributed by atoms with Crippen molar-refractivity contribution >= 4 is 5.82 Å². The molecule has 2 rings (SSSR count). The molecule has 0 amide bonds. The number of aryl methyl sites for hydroxylation is 2. The van der Waals surface area contributed by atoms with Crippen LogP contribution in [0.1, 0.15) is 17.1 Å². The second-order valence-corrected chi connectivity index (χ2v) is 3.50. The topological polar surface area (TPSA) is 63.6 Å². The van der Waals surface area contributed by atoms with Crippen LogP contribution in [0.2, 0.25) is 0 Å². The quantitative estimate of drug-likeness (QED) is 0.840. The van der Waals surface area contributed by atoms with Gasteiger partial charge in [-0.1, -0.05) is 0 Å². The van der Waals surface area contributed by atoms with Crippen LogP contribution < -0.4 is 5.32 Å². The molecule has 0 aliphatic heterocycles. The molecule has 0 saturated carbocycles. The first-order valence-corrected chi connectivity index (χ1v) is 5.05. The van der Waals surface area contributed by atoms with Gasteiger partial charge in [-0.25, -0.2) is 15.0 Å². The van der Waals surface area contributed by atoms with Gasteiger partial charge in [0, 0.05) is 12.4 Å². The van der Waals surface area contributed by atoms with Crippen LogP contribution in [-0.2, 0) is 6.54 Å². The Morgan fingerprint density at radius 3 is 2.88 bits per heavy atom. The van der Waals surface area contributed by atoms with Gasteiger partial charge in [0.15, 0.2) is 0 Å². The molecule has 0 aliphatic carbocycles. The van der Waals surface area contributed by atoms with Gasteiger partial charge >= 0.3 is 0 Å². The Labute approximate surface area is 94.0 Å². The van der Waals surface area contributed by atoms with E-state index in [9.17, 15) is 0 Å². The number of rotatable bonds is 3. The van der Waals surface area contributed by atoms with Gasteiger partial charge in [-0.2, -0.15) is 0 Å². The minimum atomic E-state index is 0.626. The molecule has 0 bridgehead atoms. The van der Waals surface area contributed by atoms with E-state index >= 15 is 0 Å². The van der Waals surface area contributed by atoms with E-state index in [1.165, 1.54) is 6.33 Å². The minimum absolute atomic E-state index is 0.626. The predicted molar refractivity (Wildman–Crippen MR) is 60.9 cm³/mol. The summed E-state index contributed by atoms with van der Waals surface area (Å²) in [5.41, 5.74) is 2.72. The maximum atomic E-state index is 4.37. The van der Waals surface area contributed by atoms with E-state index in [0.717, 1.165) is 22.9 Å². The van der Waals surface area contributed by atoms with Gasteiger partial charge in [0.25, 0.3) is 0 Å². The first-order chi connectivity index (χ1) is 7.75. The van der Waals surface area contributed by atoms with E-state index in [1.807, 2.05) is 19.9 Å². The lowest BCUT2D eigenvalue weighted by molar-refractivity contribution is 0.971. The van der Waals surface area contributed by atoms with Gasteiger partial charge < -0.3 is 5.32 Å². The third-order valence-electron chi connectivity index (χ3n) is 2.16. The molecule has 0 unspecified atom stereocenters. The molecule has 0 fully saturated rings. The normalized spacial score (nSPS) is 10.1. The fourth-order valence-corrected chi connectivity index (χ4v) is 1.30. The number of aromatic nitrogens is 4. The second kappa shape index (κ2) is 4.65. The van der Waals surface area contributed by atoms with Crippen LogP contribution in [0.25, 0.3) is 0 Å². The highest BCUT2D eigenvalue weighted by molar-refractivity contribution is 5.39. The minimum Gasteiger partial charge on any atom is -0.363 e. The summed E-state index contributed by atoms with van der Waals surface area (Å²) in [7, 11) is 0. The van der Waals surface area contributed by atoms with Crippen LogP contribution in [0.15, 0.2) is 24.8 Å². The molecule has 1 N–H and O–H groups in total. The van der Waals surface area contributed by atoms with Crippen molar-refractivity contribution in [1.29, 1.82) is 0 Å². The molecule has 2 heterocycles. The number of nitrogens with zero attached hydrogens (tertiary/aromatic N) is 4. The molecule has 16 heavy (non-hydrogen) atoms.